The summed E-state index contributed by atoms with van der Waals surface area (Å²) in [5.74, 6) is 0.860. The van der Waals surface area contributed by atoms with Crippen molar-refractivity contribution >= 4 is 0 Å². The SMILES string of the molecule is CN(C)CCCCc1nc(-c2ccc(F)cc2)c(-c2ccncc2)n1CCCc1ccccc1. The number of nitrogens with zero attached hydrogens (tertiary/aromatic N) is 4. The molecule has 5 heteroatoms. The highest BCUT2D eigenvalue weighted by Crippen LogP contribution is 2.33. The zero-order valence-corrected chi connectivity index (χ0v) is 20.1. The second kappa shape index (κ2) is 11.7. The molecule has 0 N–H and O–H groups in total. The Morgan fingerprint density at radius 1 is 0.794 bits per heavy atom. The van der Waals surface area contributed by atoms with Crippen molar-refractivity contribution in [1.82, 2.24) is 19.4 Å². The molecule has 2 aromatic heterocycles. The van der Waals surface area contributed by atoms with Crippen LogP contribution in [0.25, 0.3) is 22.5 Å². The molecule has 0 fully saturated rings. The van der Waals surface area contributed by atoms with Crippen molar-refractivity contribution in [3.63, 3.8) is 0 Å². The summed E-state index contributed by atoms with van der Waals surface area (Å²) in [6.45, 7) is 1.94. The number of hydrogen-bond acceptors (Lipinski definition) is 3. The van der Waals surface area contributed by atoms with Crippen LogP contribution in [0.15, 0.2) is 79.1 Å². The first-order chi connectivity index (χ1) is 16.6. The minimum Gasteiger partial charge on any atom is -0.327 e. The van der Waals surface area contributed by atoms with E-state index in [1.54, 1.807) is 0 Å². The monoisotopic (exact) mass is 456 g/mol. The molecule has 0 atom stereocenters. The first-order valence-corrected chi connectivity index (χ1v) is 12.1. The van der Waals surface area contributed by atoms with Crippen molar-refractivity contribution in [2.45, 2.75) is 38.6 Å². The van der Waals surface area contributed by atoms with E-state index in [0.29, 0.717) is 0 Å². The quantitative estimate of drug-likeness (QED) is 0.250. The molecule has 0 unspecified atom stereocenters. The van der Waals surface area contributed by atoms with Crippen molar-refractivity contribution < 1.29 is 4.39 Å². The molecule has 2 heterocycles. The number of pyridine rings is 1. The topological polar surface area (TPSA) is 34.0 Å². The highest BCUT2D eigenvalue weighted by molar-refractivity contribution is 5.79. The van der Waals surface area contributed by atoms with Gasteiger partial charge in [0.2, 0.25) is 0 Å². The van der Waals surface area contributed by atoms with Gasteiger partial charge in [-0.25, -0.2) is 9.37 Å². The third kappa shape index (κ3) is 6.17. The van der Waals surface area contributed by atoms with Crippen LogP contribution in [-0.4, -0.2) is 40.1 Å². The number of unbranched alkanes of at least 4 members (excludes halogenated alkanes) is 1. The predicted octanol–water partition coefficient (Wildman–Crippen LogP) is 6.27. The van der Waals surface area contributed by atoms with Crippen molar-refractivity contribution in [2.24, 2.45) is 0 Å². The first-order valence-electron chi connectivity index (χ1n) is 12.1. The zero-order chi connectivity index (χ0) is 23.8. The summed E-state index contributed by atoms with van der Waals surface area (Å²) in [6, 6.07) is 21.4. The van der Waals surface area contributed by atoms with E-state index in [1.807, 2.05) is 36.7 Å². The lowest BCUT2D eigenvalue weighted by molar-refractivity contribution is 0.393. The number of rotatable bonds is 11. The Balaban J connectivity index is 1.70. The number of benzene rings is 2. The lowest BCUT2D eigenvalue weighted by Gasteiger charge is -2.14. The third-order valence-corrected chi connectivity index (χ3v) is 6.06. The van der Waals surface area contributed by atoms with Gasteiger partial charge in [-0.05, 0) is 88.3 Å². The lowest BCUT2D eigenvalue weighted by Crippen LogP contribution is -2.13. The van der Waals surface area contributed by atoms with Crippen LogP contribution in [0.2, 0.25) is 0 Å². The molecule has 0 amide bonds. The fourth-order valence-electron chi connectivity index (χ4n) is 4.34. The van der Waals surface area contributed by atoms with Crippen molar-refractivity contribution in [3.05, 3.63) is 96.3 Å². The molecule has 4 rings (SSSR count). The Kier molecular flexibility index (Phi) is 8.21. The van der Waals surface area contributed by atoms with E-state index in [9.17, 15) is 4.39 Å². The van der Waals surface area contributed by atoms with Crippen LogP contribution in [-0.2, 0) is 19.4 Å². The highest BCUT2D eigenvalue weighted by atomic mass is 19.1. The van der Waals surface area contributed by atoms with E-state index in [0.717, 1.165) is 73.5 Å². The Labute approximate surface area is 202 Å². The van der Waals surface area contributed by atoms with Crippen LogP contribution in [0.3, 0.4) is 0 Å². The smallest absolute Gasteiger partial charge is 0.123 e. The van der Waals surface area contributed by atoms with Gasteiger partial charge in [-0.1, -0.05) is 30.3 Å². The van der Waals surface area contributed by atoms with Crippen molar-refractivity contribution in [1.29, 1.82) is 0 Å². The van der Waals surface area contributed by atoms with Gasteiger partial charge in [0.1, 0.15) is 11.6 Å². The number of aryl methyl sites for hydroxylation is 2. The number of imidazole rings is 1. The van der Waals surface area contributed by atoms with E-state index in [2.05, 4.69) is 58.9 Å². The highest BCUT2D eigenvalue weighted by Gasteiger charge is 2.20. The Hall–Kier alpha value is -3.31. The number of aromatic nitrogens is 3. The number of hydrogen-bond donors (Lipinski definition) is 0. The average molecular weight is 457 g/mol. The molecule has 0 saturated heterocycles. The van der Waals surface area contributed by atoms with Gasteiger partial charge in [-0.15, -0.1) is 0 Å². The zero-order valence-electron chi connectivity index (χ0n) is 20.1. The van der Waals surface area contributed by atoms with Crippen LogP contribution >= 0.6 is 0 Å². The molecule has 0 aliphatic heterocycles. The molecule has 4 nitrogen and oxygen atoms in total. The molecule has 176 valence electrons. The van der Waals surface area contributed by atoms with E-state index < -0.39 is 0 Å². The van der Waals surface area contributed by atoms with Crippen LogP contribution in [0, 0.1) is 5.82 Å². The lowest BCUT2D eigenvalue weighted by atomic mass is 10.1. The average Bonchev–Trinajstić information content (AvgIpc) is 3.21. The second-order valence-electron chi connectivity index (χ2n) is 8.97. The Morgan fingerprint density at radius 2 is 1.53 bits per heavy atom. The van der Waals surface area contributed by atoms with Gasteiger partial charge in [0, 0.05) is 36.5 Å². The standard InChI is InChI=1S/C29H33FN4/c1-33(2)21-7-6-12-27-32-28(24-13-15-26(30)16-14-24)29(25-17-19-31-20-18-25)34(27)22-8-11-23-9-4-3-5-10-23/h3-5,9-10,13-20H,6-8,11-12,21-22H2,1-2H3. The van der Waals surface area contributed by atoms with Gasteiger partial charge >= 0.3 is 0 Å². The summed E-state index contributed by atoms with van der Waals surface area (Å²) in [7, 11) is 4.22. The molecular formula is C29H33FN4. The van der Waals surface area contributed by atoms with E-state index >= 15 is 0 Å². The summed E-state index contributed by atoms with van der Waals surface area (Å²) in [5.41, 5.74) is 5.36. The molecule has 0 aliphatic carbocycles. The largest absolute Gasteiger partial charge is 0.327 e. The molecule has 0 bridgehead atoms. The minimum atomic E-state index is -0.236. The first kappa shape index (κ1) is 23.8. The van der Waals surface area contributed by atoms with Gasteiger partial charge in [0.05, 0.1) is 11.4 Å². The Morgan fingerprint density at radius 3 is 2.24 bits per heavy atom. The maximum atomic E-state index is 13.7. The summed E-state index contributed by atoms with van der Waals surface area (Å²) < 4.78 is 16.1. The summed E-state index contributed by atoms with van der Waals surface area (Å²) in [6.07, 6.45) is 8.79. The molecular weight excluding hydrogens is 423 g/mol. The van der Waals surface area contributed by atoms with Gasteiger partial charge in [0.15, 0.2) is 0 Å². The van der Waals surface area contributed by atoms with Crippen LogP contribution in [0.4, 0.5) is 4.39 Å². The predicted molar refractivity (Wildman–Crippen MR) is 137 cm³/mol. The van der Waals surface area contributed by atoms with Gasteiger partial charge in [-0.3, -0.25) is 4.98 Å². The maximum Gasteiger partial charge on any atom is 0.123 e. The molecule has 0 aliphatic rings. The second-order valence-corrected chi connectivity index (χ2v) is 8.97. The van der Waals surface area contributed by atoms with Crippen molar-refractivity contribution in [2.75, 3.05) is 20.6 Å². The normalized spacial score (nSPS) is 11.3. The van der Waals surface area contributed by atoms with Crippen LogP contribution in [0.5, 0.6) is 0 Å². The van der Waals surface area contributed by atoms with Crippen molar-refractivity contribution in [3.8, 4) is 22.5 Å². The maximum absolute atomic E-state index is 13.7. The fourth-order valence-corrected chi connectivity index (χ4v) is 4.34. The fraction of sp³-hybridized carbons (Fsp3) is 0.310. The molecule has 4 aromatic rings. The molecule has 2 aromatic carbocycles. The van der Waals surface area contributed by atoms with Crippen LogP contribution < -0.4 is 0 Å². The number of halogens is 1. The molecule has 0 spiro atoms. The van der Waals surface area contributed by atoms with E-state index in [-0.39, 0.29) is 5.82 Å². The molecule has 0 radical (unpaired) electrons. The Bertz CT molecular complexity index is 1150. The van der Waals surface area contributed by atoms with Gasteiger partial charge < -0.3 is 9.47 Å². The summed E-state index contributed by atoms with van der Waals surface area (Å²) in [5, 5.41) is 0. The summed E-state index contributed by atoms with van der Waals surface area (Å²) in [4.78, 5) is 11.6. The van der Waals surface area contributed by atoms with Gasteiger partial charge in [0.25, 0.3) is 0 Å². The molecule has 0 saturated carbocycles. The third-order valence-electron chi connectivity index (χ3n) is 6.06. The summed E-state index contributed by atoms with van der Waals surface area (Å²) >= 11 is 0. The van der Waals surface area contributed by atoms with Gasteiger partial charge in [-0.2, -0.15) is 0 Å². The molecule has 34 heavy (non-hydrogen) atoms. The minimum absolute atomic E-state index is 0.236. The van der Waals surface area contributed by atoms with E-state index in [4.69, 9.17) is 4.98 Å². The van der Waals surface area contributed by atoms with Crippen LogP contribution in [0.1, 0.15) is 30.7 Å². The van der Waals surface area contributed by atoms with E-state index in [1.165, 1.54) is 17.7 Å².